The Balaban J connectivity index is 2.23. The number of benzene rings is 2. The molecule has 0 aromatic heterocycles. The largest absolute Gasteiger partial charge is 0.463 e. The number of ether oxygens (including phenoxy) is 1. The molecule has 0 bridgehead atoms. The molecule has 0 saturated heterocycles. The molecule has 1 amide bonds. The fourth-order valence-electron chi connectivity index (χ4n) is 2.89. The van der Waals surface area contributed by atoms with E-state index in [0.29, 0.717) is 5.56 Å². The number of amides is 1. The minimum Gasteiger partial charge on any atom is -0.463 e. The molecule has 0 aliphatic heterocycles. The lowest BCUT2D eigenvalue weighted by atomic mass is 10.0. The number of carbonyl (C=O) groups is 2. The van der Waals surface area contributed by atoms with Crippen molar-refractivity contribution >= 4 is 27.6 Å². The van der Waals surface area contributed by atoms with Crippen LogP contribution in [0.5, 0.6) is 0 Å². The Morgan fingerprint density at radius 1 is 1.13 bits per heavy atom. The highest BCUT2D eigenvalue weighted by molar-refractivity contribution is 7.89. The van der Waals surface area contributed by atoms with Crippen molar-refractivity contribution in [3.05, 3.63) is 69.8 Å². The van der Waals surface area contributed by atoms with Crippen LogP contribution in [0.25, 0.3) is 0 Å². The molecule has 2 aromatic rings. The second-order valence-electron chi connectivity index (χ2n) is 7.04. The molecule has 0 saturated carbocycles. The van der Waals surface area contributed by atoms with E-state index in [2.05, 4.69) is 5.32 Å². The minimum absolute atomic E-state index is 0.0918. The van der Waals surface area contributed by atoms with Crippen LogP contribution in [-0.2, 0) is 30.8 Å². The predicted molar refractivity (Wildman–Crippen MR) is 111 cm³/mol. The molecular weight excluding hydrogens is 426 g/mol. The Kier molecular flexibility index (Phi) is 7.83. The van der Waals surface area contributed by atoms with Crippen LogP contribution in [0.2, 0.25) is 0 Å². The van der Waals surface area contributed by atoms with Crippen LogP contribution in [0.1, 0.15) is 37.4 Å². The number of para-hydroxylation sites is 1. The van der Waals surface area contributed by atoms with Gasteiger partial charge in [-0.3, -0.25) is 19.7 Å². The van der Waals surface area contributed by atoms with Crippen LogP contribution in [0.15, 0.2) is 53.4 Å². The Labute approximate surface area is 179 Å². The van der Waals surface area contributed by atoms with E-state index in [1.54, 1.807) is 19.9 Å². The van der Waals surface area contributed by atoms with Crippen LogP contribution >= 0.6 is 0 Å². The number of esters is 1. The molecule has 1 atom stereocenters. The van der Waals surface area contributed by atoms with E-state index >= 15 is 0 Å². The third-order valence-electron chi connectivity index (χ3n) is 4.20. The maximum absolute atomic E-state index is 12.6. The van der Waals surface area contributed by atoms with Crippen molar-refractivity contribution in [1.29, 1.82) is 0 Å². The first-order valence-corrected chi connectivity index (χ1v) is 10.9. The summed E-state index contributed by atoms with van der Waals surface area (Å²) in [5.41, 5.74) is 0.435. The number of hydrogen-bond donors (Lipinski definition) is 2. The first-order valence-electron chi connectivity index (χ1n) is 9.31. The summed E-state index contributed by atoms with van der Waals surface area (Å²) in [5.74, 6) is -1.13. The number of primary sulfonamides is 1. The number of carbonyl (C=O) groups excluding carboxylic acids is 2. The summed E-state index contributed by atoms with van der Waals surface area (Å²) in [6, 6.07) is 10.2. The zero-order valence-electron chi connectivity index (χ0n) is 17.0. The van der Waals surface area contributed by atoms with Gasteiger partial charge in [-0.1, -0.05) is 30.3 Å². The van der Waals surface area contributed by atoms with Crippen molar-refractivity contribution in [2.24, 2.45) is 5.14 Å². The number of hydrogen-bond acceptors (Lipinski definition) is 7. The molecule has 0 aliphatic carbocycles. The fourth-order valence-corrected chi connectivity index (χ4v) is 3.41. The standard InChI is InChI=1S/C20H23N3O7S/c1-13(2)30-20(25)12-17(16-5-3-4-6-18(16)23(26)27)22-19(24)11-14-7-9-15(10-8-14)31(21,28)29/h3-10,13,17H,11-12H2,1-2H3,(H,22,24)(H2,21,28,29). The molecule has 11 heteroatoms. The average molecular weight is 449 g/mol. The third kappa shape index (κ3) is 7.15. The summed E-state index contributed by atoms with van der Waals surface area (Å²) < 4.78 is 27.8. The van der Waals surface area contributed by atoms with Gasteiger partial charge in [0.15, 0.2) is 0 Å². The zero-order chi connectivity index (χ0) is 23.2. The first-order chi connectivity index (χ1) is 14.5. The van der Waals surface area contributed by atoms with E-state index in [1.165, 1.54) is 42.5 Å². The molecule has 0 radical (unpaired) electrons. The van der Waals surface area contributed by atoms with E-state index in [0.717, 1.165) is 0 Å². The number of nitro benzene ring substituents is 1. The molecule has 0 heterocycles. The lowest BCUT2D eigenvalue weighted by Gasteiger charge is -2.19. The normalized spacial score (nSPS) is 12.3. The van der Waals surface area contributed by atoms with Crippen LogP contribution in [0, 0.1) is 10.1 Å². The summed E-state index contributed by atoms with van der Waals surface area (Å²) in [4.78, 5) is 35.5. The maximum Gasteiger partial charge on any atom is 0.308 e. The van der Waals surface area contributed by atoms with Gasteiger partial charge in [0.25, 0.3) is 5.69 Å². The Morgan fingerprint density at radius 3 is 2.29 bits per heavy atom. The van der Waals surface area contributed by atoms with Crippen molar-refractivity contribution in [1.82, 2.24) is 5.32 Å². The molecule has 0 spiro atoms. The Bertz CT molecular complexity index is 1070. The van der Waals surface area contributed by atoms with Crippen LogP contribution in [0.3, 0.4) is 0 Å². The highest BCUT2D eigenvalue weighted by Crippen LogP contribution is 2.27. The Hall–Kier alpha value is -3.31. The maximum atomic E-state index is 12.6. The molecule has 0 aliphatic rings. The van der Waals surface area contributed by atoms with Gasteiger partial charge in [0, 0.05) is 6.07 Å². The van der Waals surface area contributed by atoms with Gasteiger partial charge in [0.2, 0.25) is 15.9 Å². The van der Waals surface area contributed by atoms with E-state index in [-0.39, 0.29) is 35.1 Å². The van der Waals surface area contributed by atoms with E-state index in [4.69, 9.17) is 9.88 Å². The molecular formula is C20H23N3O7S. The van der Waals surface area contributed by atoms with Gasteiger partial charge < -0.3 is 10.1 Å². The summed E-state index contributed by atoms with van der Waals surface area (Å²) in [5, 5.41) is 19.1. The van der Waals surface area contributed by atoms with Crippen molar-refractivity contribution in [3.63, 3.8) is 0 Å². The van der Waals surface area contributed by atoms with Gasteiger partial charge in [0.1, 0.15) is 0 Å². The molecule has 2 rings (SSSR count). The number of nitrogens with one attached hydrogen (secondary N) is 1. The van der Waals surface area contributed by atoms with Crippen LogP contribution in [-0.4, -0.2) is 31.3 Å². The van der Waals surface area contributed by atoms with Gasteiger partial charge in [-0.15, -0.1) is 0 Å². The monoisotopic (exact) mass is 449 g/mol. The van der Waals surface area contributed by atoms with Crippen molar-refractivity contribution in [2.45, 2.75) is 43.7 Å². The highest BCUT2D eigenvalue weighted by atomic mass is 32.2. The second-order valence-corrected chi connectivity index (χ2v) is 8.61. The first kappa shape index (κ1) is 24.0. The molecule has 166 valence electrons. The van der Waals surface area contributed by atoms with Gasteiger partial charge in [-0.2, -0.15) is 0 Å². The molecule has 2 aromatic carbocycles. The summed E-state index contributed by atoms with van der Waals surface area (Å²) in [6.45, 7) is 3.34. The topological polar surface area (TPSA) is 159 Å². The predicted octanol–water partition coefficient (Wildman–Crippen LogP) is 1.98. The van der Waals surface area contributed by atoms with Gasteiger partial charge >= 0.3 is 5.97 Å². The number of nitrogens with zero attached hydrogens (tertiary/aromatic N) is 1. The summed E-state index contributed by atoms with van der Waals surface area (Å²) in [7, 11) is -3.86. The van der Waals surface area contributed by atoms with E-state index in [9.17, 15) is 28.1 Å². The number of nitro groups is 1. The van der Waals surface area contributed by atoms with Crippen molar-refractivity contribution in [3.8, 4) is 0 Å². The lowest BCUT2D eigenvalue weighted by Crippen LogP contribution is -2.32. The smallest absolute Gasteiger partial charge is 0.308 e. The zero-order valence-corrected chi connectivity index (χ0v) is 17.8. The van der Waals surface area contributed by atoms with Crippen molar-refractivity contribution < 1.29 is 27.7 Å². The molecule has 1 unspecified atom stereocenters. The van der Waals surface area contributed by atoms with Gasteiger partial charge in [-0.05, 0) is 31.5 Å². The SMILES string of the molecule is CC(C)OC(=O)CC(NC(=O)Cc1ccc(S(N)(=O)=O)cc1)c1ccccc1[N+](=O)[O-]. The number of rotatable bonds is 9. The molecule has 31 heavy (non-hydrogen) atoms. The Morgan fingerprint density at radius 2 is 1.74 bits per heavy atom. The van der Waals surface area contributed by atoms with Gasteiger partial charge in [-0.25, -0.2) is 13.6 Å². The third-order valence-corrected chi connectivity index (χ3v) is 5.13. The minimum atomic E-state index is -3.86. The summed E-state index contributed by atoms with van der Waals surface area (Å²) in [6.07, 6.45) is -0.813. The van der Waals surface area contributed by atoms with Crippen LogP contribution in [0.4, 0.5) is 5.69 Å². The second kappa shape index (κ2) is 10.1. The van der Waals surface area contributed by atoms with Crippen molar-refractivity contribution in [2.75, 3.05) is 0 Å². The molecule has 0 fully saturated rings. The lowest BCUT2D eigenvalue weighted by molar-refractivity contribution is -0.385. The fraction of sp³-hybridized carbons (Fsp3) is 0.300. The molecule has 10 nitrogen and oxygen atoms in total. The average Bonchev–Trinajstić information content (AvgIpc) is 2.66. The summed E-state index contributed by atoms with van der Waals surface area (Å²) >= 11 is 0. The van der Waals surface area contributed by atoms with Crippen LogP contribution < -0.4 is 10.5 Å². The molecule has 3 N–H and O–H groups in total. The van der Waals surface area contributed by atoms with E-state index in [1.807, 2.05) is 0 Å². The van der Waals surface area contributed by atoms with Gasteiger partial charge in [0.05, 0.1) is 40.4 Å². The quantitative estimate of drug-likeness (QED) is 0.336. The highest BCUT2D eigenvalue weighted by Gasteiger charge is 2.26. The number of sulfonamides is 1. The number of nitrogens with two attached hydrogens (primary N) is 1. The van der Waals surface area contributed by atoms with E-state index < -0.39 is 32.9 Å².